The summed E-state index contributed by atoms with van der Waals surface area (Å²) in [6.45, 7) is 0. The second-order valence-electron chi connectivity index (χ2n) is 5.80. The summed E-state index contributed by atoms with van der Waals surface area (Å²) < 4.78 is 65.6. The normalized spacial score (nSPS) is 12.8. The largest absolute Gasteiger partial charge is 1.00 e. The Hall–Kier alpha value is -1.40. The van der Waals surface area contributed by atoms with Gasteiger partial charge in [-0.05, 0) is 6.07 Å². The van der Waals surface area contributed by atoms with E-state index in [0.29, 0.717) is 0 Å². The van der Waals surface area contributed by atoms with E-state index in [4.69, 9.17) is 11.5 Å². The topological polar surface area (TPSA) is 238 Å². The van der Waals surface area contributed by atoms with Crippen LogP contribution in [-0.4, -0.2) is 42.4 Å². The molecule has 6 N–H and O–H groups in total. The fourth-order valence-corrected chi connectivity index (χ4v) is 5.18. The third-order valence-electron chi connectivity index (χ3n) is 4.17. The Morgan fingerprint density at radius 2 is 1.26 bits per heavy atom. The summed E-state index contributed by atoms with van der Waals surface area (Å²) in [5.41, 5.74) is 4.93. The zero-order valence-electron chi connectivity index (χ0n) is 17.8. The van der Waals surface area contributed by atoms with Gasteiger partial charge in [-0.2, -0.15) is 16.8 Å². The van der Waals surface area contributed by atoms with Crippen molar-refractivity contribution in [2.45, 2.75) is 9.79 Å². The summed E-state index contributed by atoms with van der Waals surface area (Å²) in [4.78, 5) is 32.8. The van der Waals surface area contributed by atoms with Crippen molar-refractivity contribution >= 4 is 48.9 Å². The van der Waals surface area contributed by atoms with Crippen LogP contribution in [0.15, 0.2) is 28.0 Å². The number of nitrogen functional groups attached to an aromatic ring is 2. The molecule has 0 saturated heterocycles. The number of carbonyl (C=O) groups is 2. The van der Waals surface area contributed by atoms with Crippen molar-refractivity contribution in [2.24, 2.45) is 0 Å². The summed E-state index contributed by atoms with van der Waals surface area (Å²) in [5.74, 6) is -2.47. The van der Waals surface area contributed by atoms with Crippen molar-refractivity contribution in [3.63, 3.8) is 0 Å². The van der Waals surface area contributed by atoms with Gasteiger partial charge in [-0.3, -0.25) is 28.8 Å². The summed E-state index contributed by atoms with van der Waals surface area (Å²) >= 11 is 0. The van der Waals surface area contributed by atoms with Gasteiger partial charge in [0, 0.05) is 11.6 Å². The van der Waals surface area contributed by atoms with Gasteiger partial charge in [-0.25, -0.2) is 0 Å². The molecule has 1 aliphatic rings. The third kappa shape index (κ3) is 4.30. The van der Waals surface area contributed by atoms with Gasteiger partial charge in [-0.15, -0.1) is 0 Å². The van der Waals surface area contributed by atoms with Crippen LogP contribution in [0.1, 0.15) is 34.7 Å². The number of hydrogen-bond donors (Lipinski definition) is 4. The maximum Gasteiger partial charge on any atom is 1.00 e. The van der Waals surface area contributed by atoms with Crippen molar-refractivity contribution in [1.29, 1.82) is 0 Å². The molecular formula is C14H11N3Na2O10S2. The van der Waals surface area contributed by atoms with Crippen LogP contribution < -0.4 is 70.6 Å². The molecule has 0 atom stereocenters. The van der Waals surface area contributed by atoms with Gasteiger partial charge in [0.15, 0.2) is 5.78 Å². The molecule has 17 heteroatoms. The van der Waals surface area contributed by atoms with E-state index in [1.807, 2.05) is 0 Å². The number of nitro groups is 1. The smallest absolute Gasteiger partial charge is 1.00 e. The van der Waals surface area contributed by atoms with Crippen molar-refractivity contribution in [3.05, 3.63) is 50.6 Å². The van der Waals surface area contributed by atoms with Crippen LogP contribution in [0.25, 0.3) is 0 Å². The fourth-order valence-electron chi connectivity index (χ4n) is 3.10. The first-order valence-corrected chi connectivity index (χ1v) is 10.1. The van der Waals surface area contributed by atoms with Gasteiger partial charge < -0.3 is 14.3 Å². The van der Waals surface area contributed by atoms with E-state index < -0.39 is 85.8 Å². The van der Waals surface area contributed by atoms with Gasteiger partial charge in [-0.1, -0.05) is 6.07 Å². The van der Waals surface area contributed by atoms with Crippen molar-refractivity contribution < 1.29 is 102 Å². The number of nitrogens with zero attached hydrogens (tertiary/aromatic N) is 1. The molecule has 0 aromatic heterocycles. The molecule has 13 nitrogen and oxygen atoms in total. The van der Waals surface area contributed by atoms with Crippen LogP contribution in [0.4, 0.5) is 17.1 Å². The number of hydrogen-bond acceptors (Lipinski definition) is 10. The molecule has 0 spiro atoms. The Bertz CT molecular complexity index is 1400. The fraction of sp³-hybridized carbons (Fsp3) is 0. The van der Waals surface area contributed by atoms with Crippen molar-refractivity contribution in [3.8, 4) is 0 Å². The van der Waals surface area contributed by atoms with Crippen molar-refractivity contribution in [1.82, 2.24) is 0 Å². The predicted octanol–water partition coefficient (Wildman–Crippen LogP) is -5.74. The SMILES string of the molecule is Nc1c2c(c(N)c(S(=O)(=O)O)c1S(=O)(=O)O)C(=O)c1c(cccc1[N+](=O)[O-])C2=O.[H-].[H-].[Na+].[Na+]. The van der Waals surface area contributed by atoms with Crippen LogP contribution in [0, 0.1) is 10.1 Å². The number of carbonyl (C=O) groups excluding carboxylic acids is 2. The molecule has 0 aliphatic heterocycles. The quantitative estimate of drug-likeness (QED) is 0.0881. The van der Waals surface area contributed by atoms with E-state index >= 15 is 0 Å². The maximum absolute atomic E-state index is 12.9. The number of rotatable bonds is 3. The zero-order valence-corrected chi connectivity index (χ0v) is 21.4. The molecule has 0 radical (unpaired) electrons. The number of nitrogens with two attached hydrogens (primary N) is 2. The molecule has 0 fully saturated rings. The van der Waals surface area contributed by atoms with Gasteiger partial charge in [0.1, 0.15) is 15.4 Å². The van der Waals surface area contributed by atoms with E-state index in [1.165, 1.54) is 0 Å². The van der Waals surface area contributed by atoms with E-state index in [0.717, 1.165) is 18.2 Å². The second-order valence-corrected chi connectivity index (χ2v) is 8.52. The van der Waals surface area contributed by atoms with Crippen LogP contribution in [0.5, 0.6) is 0 Å². The first kappa shape index (κ1) is 27.6. The van der Waals surface area contributed by atoms with E-state index in [-0.39, 0.29) is 62.0 Å². The number of fused-ring (bicyclic) bond motifs is 2. The predicted molar refractivity (Wildman–Crippen MR) is 97.1 cm³/mol. The minimum absolute atomic E-state index is 0. The zero-order chi connectivity index (χ0) is 22.0. The molecule has 2 aromatic carbocycles. The molecule has 0 heterocycles. The molecule has 1 aliphatic carbocycles. The maximum atomic E-state index is 12.9. The van der Waals surface area contributed by atoms with E-state index in [1.54, 1.807) is 0 Å². The minimum Gasteiger partial charge on any atom is -1.00 e. The number of nitro benzene ring substituents is 1. The molecular weight excluding hydrogens is 480 g/mol. The summed E-state index contributed by atoms with van der Waals surface area (Å²) in [5, 5.41) is 11.2. The molecule has 156 valence electrons. The second kappa shape index (κ2) is 8.86. The Kier molecular flexibility index (Phi) is 7.89. The summed E-state index contributed by atoms with van der Waals surface area (Å²) in [6, 6.07) is 3.03. The average Bonchev–Trinajstić information content (AvgIpc) is 2.58. The Morgan fingerprint density at radius 1 is 0.839 bits per heavy atom. The van der Waals surface area contributed by atoms with Crippen LogP contribution >= 0.6 is 0 Å². The number of ketones is 2. The molecule has 31 heavy (non-hydrogen) atoms. The standard InChI is InChI=1S/C14H9N3O10S2.2Na.2H/c15-9-7-8(10(16)14(29(25,26)27)13(9)28(22,23)24)12(19)6-4(11(7)18)2-1-3-5(6)17(20)21;;;;/h1-3H,15-16H2,(H,22,23,24)(H,25,26,27);;;;/q;2*+1;2*-1. The summed E-state index contributed by atoms with van der Waals surface area (Å²) in [6.07, 6.45) is 0. The van der Waals surface area contributed by atoms with E-state index in [9.17, 15) is 45.6 Å². The van der Waals surface area contributed by atoms with Gasteiger partial charge in [0.25, 0.3) is 25.9 Å². The summed E-state index contributed by atoms with van der Waals surface area (Å²) in [7, 11) is -10.9. The first-order chi connectivity index (χ1) is 13.2. The minimum atomic E-state index is -5.49. The molecule has 0 saturated carbocycles. The van der Waals surface area contributed by atoms with Crippen molar-refractivity contribution in [2.75, 3.05) is 11.5 Å². The van der Waals surface area contributed by atoms with Crippen LogP contribution in [0.3, 0.4) is 0 Å². The van der Waals surface area contributed by atoms with Gasteiger partial charge >= 0.3 is 59.1 Å². The number of anilines is 2. The third-order valence-corrected chi connectivity index (χ3v) is 6.17. The monoisotopic (exact) mass is 491 g/mol. The van der Waals surface area contributed by atoms with E-state index in [2.05, 4.69) is 0 Å². The average molecular weight is 491 g/mol. The van der Waals surface area contributed by atoms with Crippen LogP contribution in [0.2, 0.25) is 0 Å². The molecule has 0 amide bonds. The molecule has 0 bridgehead atoms. The number of benzene rings is 2. The Balaban J connectivity index is 0. The van der Waals surface area contributed by atoms with Crippen LogP contribution in [-0.2, 0) is 20.2 Å². The Labute approximate surface area is 221 Å². The van der Waals surface area contributed by atoms with Gasteiger partial charge in [0.05, 0.1) is 27.4 Å². The molecule has 3 rings (SSSR count). The van der Waals surface area contributed by atoms with Gasteiger partial charge in [0.2, 0.25) is 5.78 Å². The first-order valence-electron chi connectivity index (χ1n) is 7.26. The molecule has 2 aromatic rings. The Morgan fingerprint density at radius 3 is 1.65 bits per heavy atom. The molecule has 0 unspecified atom stereocenters.